The Morgan fingerprint density at radius 1 is 1.08 bits per heavy atom. The Morgan fingerprint density at radius 2 is 1.88 bits per heavy atom. The largest absolute Gasteiger partial charge is 0.365 e. The zero-order valence-electron chi connectivity index (χ0n) is 16.3. The maximum Gasteiger partial charge on any atom is 0.136 e. The minimum absolute atomic E-state index is 0.179. The molecule has 0 aromatic rings. The molecule has 0 aliphatic heterocycles. The molecule has 0 bridgehead atoms. The predicted molar refractivity (Wildman–Crippen MR) is 103 cm³/mol. The minimum atomic E-state index is 0.179. The van der Waals surface area contributed by atoms with Gasteiger partial charge in [-0.25, -0.2) is 0 Å². The van der Waals surface area contributed by atoms with Gasteiger partial charge < -0.3 is 4.74 Å². The Kier molecular flexibility index (Phi) is 8.57. The molecule has 2 fully saturated rings. The van der Waals surface area contributed by atoms with E-state index in [0.717, 1.165) is 25.2 Å². The fraction of sp³-hybridized carbons (Fsp3) is 0.783. The molecule has 2 rings (SSSR count). The predicted octanol–water partition coefficient (Wildman–Crippen LogP) is 5.01. The van der Waals surface area contributed by atoms with E-state index in [1.54, 1.807) is 0 Å². The van der Waals surface area contributed by atoms with Gasteiger partial charge in [0.05, 0.1) is 12.5 Å². The topological polar surface area (TPSA) is 26.3 Å². The van der Waals surface area contributed by atoms with Crippen molar-refractivity contribution in [1.82, 2.24) is 0 Å². The number of Topliss-reactive ketones (excluding diaryl/α,β-unsaturated/α-hetero) is 1. The van der Waals surface area contributed by atoms with Crippen LogP contribution < -0.4 is 0 Å². The molecule has 0 saturated heterocycles. The van der Waals surface area contributed by atoms with Crippen LogP contribution in [0.1, 0.15) is 78.6 Å². The third-order valence-electron chi connectivity index (χ3n) is 5.79. The monoisotopic (exact) mass is 342 g/mol. The molecule has 2 aliphatic carbocycles. The summed E-state index contributed by atoms with van der Waals surface area (Å²) in [4.78, 5) is 11.7. The zero-order chi connectivity index (χ0) is 18.1. The Labute approximate surface area is 154 Å². The lowest BCUT2D eigenvalue weighted by atomic mass is 9.75. The summed E-state index contributed by atoms with van der Waals surface area (Å²) in [5.74, 6) is 15.1. The lowest BCUT2D eigenvalue weighted by Crippen LogP contribution is -2.34. The van der Waals surface area contributed by atoms with E-state index in [2.05, 4.69) is 44.5 Å². The lowest BCUT2D eigenvalue weighted by Gasteiger charge is -2.36. The summed E-state index contributed by atoms with van der Waals surface area (Å²) < 4.78 is 6.08. The molecule has 0 aromatic carbocycles. The van der Waals surface area contributed by atoms with Crippen molar-refractivity contribution >= 4 is 5.78 Å². The second kappa shape index (κ2) is 10.7. The summed E-state index contributed by atoms with van der Waals surface area (Å²) in [6.45, 7) is 7.44. The molecule has 2 nitrogen and oxygen atoms in total. The van der Waals surface area contributed by atoms with Crippen molar-refractivity contribution in [1.29, 1.82) is 0 Å². The zero-order valence-corrected chi connectivity index (χ0v) is 16.3. The Hall–Kier alpha value is -1.25. The molecule has 0 spiro atoms. The number of ketones is 1. The molecule has 0 radical (unpaired) electrons. The number of hydrogen-bond acceptors (Lipinski definition) is 2. The van der Waals surface area contributed by atoms with Gasteiger partial charge in [0.2, 0.25) is 0 Å². The molecule has 0 amide bonds. The van der Waals surface area contributed by atoms with E-state index in [1.807, 2.05) is 0 Å². The average molecular weight is 343 g/mol. The second-order valence-corrected chi connectivity index (χ2v) is 8.17. The Bertz CT molecular complexity index is 540. The molecular formula is C23H34O2. The number of hydrogen-bond donors (Lipinski definition) is 0. The van der Waals surface area contributed by atoms with Gasteiger partial charge in [0.15, 0.2) is 0 Å². The number of rotatable bonds is 4. The first-order chi connectivity index (χ1) is 12.1. The molecule has 138 valence electrons. The third-order valence-corrected chi connectivity index (χ3v) is 5.79. The van der Waals surface area contributed by atoms with E-state index >= 15 is 0 Å². The molecule has 4 atom stereocenters. The van der Waals surface area contributed by atoms with Crippen LogP contribution in [0.2, 0.25) is 0 Å². The van der Waals surface area contributed by atoms with Crippen molar-refractivity contribution in [2.24, 2.45) is 23.7 Å². The summed E-state index contributed by atoms with van der Waals surface area (Å²) in [5.41, 5.74) is 0. The Morgan fingerprint density at radius 3 is 2.64 bits per heavy atom. The molecular weight excluding hydrogens is 308 g/mol. The van der Waals surface area contributed by atoms with E-state index < -0.39 is 0 Å². The first-order valence-corrected chi connectivity index (χ1v) is 10.1. The van der Waals surface area contributed by atoms with Crippen molar-refractivity contribution in [2.75, 3.05) is 6.61 Å². The highest BCUT2D eigenvalue weighted by Gasteiger charge is 2.31. The van der Waals surface area contributed by atoms with E-state index in [4.69, 9.17) is 4.74 Å². The van der Waals surface area contributed by atoms with Gasteiger partial charge in [-0.1, -0.05) is 51.4 Å². The number of ether oxygens (including phenoxy) is 1. The highest BCUT2D eigenvalue weighted by molar-refractivity contribution is 5.81. The van der Waals surface area contributed by atoms with Crippen LogP contribution in [0.3, 0.4) is 0 Å². The average Bonchev–Trinajstić information content (AvgIpc) is 2.58. The van der Waals surface area contributed by atoms with Crippen LogP contribution in [0.25, 0.3) is 0 Å². The van der Waals surface area contributed by atoms with Crippen LogP contribution in [0.4, 0.5) is 0 Å². The third kappa shape index (κ3) is 6.87. The van der Waals surface area contributed by atoms with Crippen LogP contribution >= 0.6 is 0 Å². The number of carbonyl (C=O) groups is 1. The van der Waals surface area contributed by atoms with Gasteiger partial charge in [-0.05, 0) is 43.4 Å². The fourth-order valence-electron chi connectivity index (χ4n) is 4.14. The van der Waals surface area contributed by atoms with Crippen LogP contribution in [-0.2, 0) is 9.53 Å². The molecule has 0 heterocycles. The van der Waals surface area contributed by atoms with Crippen molar-refractivity contribution in [3.63, 3.8) is 0 Å². The molecule has 2 aliphatic rings. The molecule has 1 unspecified atom stereocenters. The summed E-state index contributed by atoms with van der Waals surface area (Å²) in [6.07, 6.45) is 9.44. The highest BCUT2D eigenvalue weighted by atomic mass is 16.5. The first kappa shape index (κ1) is 20.1. The maximum atomic E-state index is 11.7. The van der Waals surface area contributed by atoms with E-state index in [9.17, 15) is 4.79 Å². The Balaban J connectivity index is 1.67. The molecule has 2 heteroatoms. The lowest BCUT2D eigenvalue weighted by molar-refractivity contribution is -0.124. The van der Waals surface area contributed by atoms with E-state index in [1.165, 1.54) is 25.7 Å². The van der Waals surface area contributed by atoms with Gasteiger partial charge in [0, 0.05) is 18.8 Å². The molecule has 2 saturated carbocycles. The van der Waals surface area contributed by atoms with Crippen molar-refractivity contribution in [2.45, 2.75) is 84.7 Å². The van der Waals surface area contributed by atoms with Gasteiger partial charge in [0.1, 0.15) is 12.4 Å². The second-order valence-electron chi connectivity index (χ2n) is 8.17. The van der Waals surface area contributed by atoms with Gasteiger partial charge in [0.25, 0.3) is 0 Å². The first-order valence-electron chi connectivity index (χ1n) is 10.1. The number of carbonyl (C=O) groups excluding carboxylic acids is 1. The molecule has 0 aromatic heterocycles. The van der Waals surface area contributed by atoms with Crippen LogP contribution in [0, 0.1) is 47.4 Å². The van der Waals surface area contributed by atoms with Crippen LogP contribution in [0.15, 0.2) is 0 Å². The van der Waals surface area contributed by atoms with Gasteiger partial charge >= 0.3 is 0 Å². The van der Waals surface area contributed by atoms with Crippen LogP contribution in [-0.4, -0.2) is 18.5 Å². The van der Waals surface area contributed by atoms with Gasteiger partial charge in [-0.3, -0.25) is 4.79 Å². The maximum absolute atomic E-state index is 11.7. The standard InChI is InChI=1S/C23H34O2/c1-18(2)21-15-14-19(3)17-23(21)25-16-10-6-4-5-7-11-20-12-8-9-13-22(20)24/h18-21,23H,4,8-9,11-17H2,1-3H3/t19-,20?,21+,23-/m1/s1. The smallest absolute Gasteiger partial charge is 0.136 e. The van der Waals surface area contributed by atoms with Gasteiger partial charge in [-0.15, -0.1) is 5.92 Å². The summed E-state index contributed by atoms with van der Waals surface area (Å²) in [7, 11) is 0. The van der Waals surface area contributed by atoms with Crippen molar-refractivity contribution in [3.05, 3.63) is 0 Å². The highest BCUT2D eigenvalue weighted by Crippen LogP contribution is 2.35. The van der Waals surface area contributed by atoms with Gasteiger partial charge in [-0.2, -0.15) is 0 Å². The quantitative estimate of drug-likeness (QED) is 0.671. The molecule has 25 heavy (non-hydrogen) atoms. The van der Waals surface area contributed by atoms with E-state index in [-0.39, 0.29) is 5.92 Å². The van der Waals surface area contributed by atoms with Crippen molar-refractivity contribution < 1.29 is 9.53 Å². The van der Waals surface area contributed by atoms with E-state index in [0.29, 0.717) is 43.2 Å². The summed E-state index contributed by atoms with van der Waals surface area (Å²) in [6, 6.07) is 0. The SMILES string of the molecule is CC(C)[C@@H]1CC[C@@H](C)C[C@H]1OCC#CCC#CCC1CCCCC1=O. The van der Waals surface area contributed by atoms with Crippen molar-refractivity contribution in [3.8, 4) is 23.7 Å². The summed E-state index contributed by atoms with van der Waals surface area (Å²) in [5, 5.41) is 0. The normalized spacial score (nSPS) is 29.5. The molecule has 0 N–H and O–H groups in total. The minimum Gasteiger partial charge on any atom is -0.365 e. The fourth-order valence-corrected chi connectivity index (χ4v) is 4.14. The van der Waals surface area contributed by atoms with Crippen LogP contribution in [0.5, 0.6) is 0 Å². The summed E-state index contributed by atoms with van der Waals surface area (Å²) >= 11 is 0.